The lowest BCUT2D eigenvalue weighted by atomic mass is 10.4. The van der Waals surface area contributed by atoms with Gasteiger partial charge in [-0.25, -0.2) is 14.8 Å². The second kappa shape index (κ2) is 4.84. The van der Waals surface area contributed by atoms with Crippen LogP contribution in [0.15, 0.2) is 29.0 Å². The minimum Gasteiger partial charge on any atom is -0.481 e. The average molecular weight is 255 g/mol. The van der Waals surface area contributed by atoms with E-state index in [-0.39, 0.29) is 23.3 Å². The second-order valence-corrected chi connectivity index (χ2v) is 3.37. The van der Waals surface area contributed by atoms with Crippen molar-refractivity contribution in [2.24, 2.45) is 0 Å². The maximum Gasteiger partial charge on any atom is 0.357 e. The number of hydrogen-bond acceptors (Lipinski definition) is 5. The number of oxazole rings is 1. The first-order valence-corrected chi connectivity index (χ1v) is 4.95. The van der Waals surface area contributed by atoms with Gasteiger partial charge < -0.3 is 14.3 Å². The van der Waals surface area contributed by atoms with Crippen LogP contribution in [0.2, 0.25) is 5.15 Å². The normalized spacial score (nSPS) is 10.2. The number of carboxylic acid groups (broad SMARTS) is 1. The Kier molecular flexibility index (Phi) is 3.24. The van der Waals surface area contributed by atoms with E-state index in [9.17, 15) is 4.79 Å². The maximum absolute atomic E-state index is 10.5. The van der Waals surface area contributed by atoms with Crippen molar-refractivity contribution in [1.29, 1.82) is 0 Å². The quantitative estimate of drug-likeness (QED) is 0.840. The number of rotatable bonds is 4. The summed E-state index contributed by atoms with van der Waals surface area (Å²) in [6.07, 6.45) is 2.58. The van der Waals surface area contributed by atoms with E-state index in [4.69, 9.17) is 25.9 Å². The minimum atomic E-state index is -1.15. The maximum atomic E-state index is 10.5. The van der Waals surface area contributed by atoms with Crippen molar-refractivity contribution in [1.82, 2.24) is 9.97 Å². The number of hydrogen-bond donors (Lipinski definition) is 1. The van der Waals surface area contributed by atoms with Crippen molar-refractivity contribution >= 4 is 17.6 Å². The lowest BCUT2D eigenvalue weighted by molar-refractivity contribution is 0.0690. The number of aromatic carboxylic acids is 1. The molecule has 0 atom stereocenters. The molecular weight excluding hydrogens is 248 g/mol. The van der Waals surface area contributed by atoms with Gasteiger partial charge in [-0.15, -0.1) is 0 Å². The molecule has 0 spiro atoms. The largest absolute Gasteiger partial charge is 0.481 e. The minimum absolute atomic E-state index is 0.0152. The Bertz CT molecular complexity index is 541. The van der Waals surface area contributed by atoms with Crippen LogP contribution in [0.5, 0.6) is 5.75 Å². The first kappa shape index (κ1) is 11.4. The van der Waals surface area contributed by atoms with Gasteiger partial charge in [-0.1, -0.05) is 11.6 Å². The Hall–Kier alpha value is -2.08. The van der Waals surface area contributed by atoms with Gasteiger partial charge in [0, 0.05) is 6.20 Å². The average Bonchev–Trinajstić information content (AvgIpc) is 2.77. The number of halogens is 1. The molecule has 2 rings (SSSR count). The molecule has 6 nitrogen and oxygen atoms in total. The van der Waals surface area contributed by atoms with Crippen LogP contribution in [0.4, 0.5) is 0 Å². The van der Waals surface area contributed by atoms with Crippen molar-refractivity contribution in [2.75, 3.05) is 0 Å². The highest BCUT2D eigenvalue weighted by atomic mass is 35.5. The van der Waals surface area contributed by atoms with Crippen molar-refractivity contribution in [3.63, 3.8) is 0 Å². The highest BCUT2D eigenvalue weighted by Gasteiger charge is 2.11. The summed E-state index contributed by atoms with van der Waals surface area (Å²) in [6, 6.07) is 3.30. The Morgan fingerprint density at radius 1 is 1.59 bits per heavy atom. The molecule has 2 aromatic rings. The summed E-state index contributed by atoms with van der Waals surface area (Å²) >= 11 is 5.76. The van der Waals surface area contributed by atoms with E-state index < -0.39 is 5.97 Å². The zero-order chi connectivity index (χ0) is 12.3. The van der Waals surface area contributed by atoms with E-state index in [1.54, 1.807) is 12.1 Å². The molecule has 0 aliphatic carbocycles. The third-order valence-electron chi connectivity index (χ3n) is 1.85. The van der Waals surface area contributed by atoms with Crippen LogP contribution in [0, 0.1) is 0 Å². The summed E-state index contributed by atoms with van der Waals surface area (Å²) in [5.41, 5.74) is -0.166. The summed E-state index contributed by atoms with van der Waals surface area (Å²) in [4.78, 5) is 18.1. The van der Waals surface area contributed by atoms with E-state index >= 15 is 0 Å². The molecule has 2 heterocycles. The highest BCUT2D eigenvalue weighted by Crippen LogP contribution is 2.21. The van der Waals surface area contributed by atoms with Crippen molar-refractivity contribution in [2.45, 2.75) is 6.61 Å². The smallest absolute Gasteiger partial charge is 0.357 e. The number of aromatic nitrogens is 2. The van der Waals surface area contributed by atoms with Crippen LogP contribution in [-0.2, 0) is 6.61 Å². The van der Waals surface area contributed by atoms with Gasteiger partial charge in [0.25, 0.3) is 0 Å². The fourth-order valence-corrected chi connectivity index (χ4v) is 1.27. The third kappa shape index (κ3) is 2.73. The number of ether oxygens (including phenoxy) is 1. The molecule has 0 unspecified atom stereocenters. The van der Waals surface area contributed by atoms with Gasteiger partial charge in [0.05, 0.1) is 0 Å². The predicted octanol–water partition coefficient (Wildman–Crippen LogP) is 2.00. The van der Waals surface area contributed by atoms with Crippen LogP contribution in [0.1, 0.15) is 16.4 Å². The van der Waals surface area contributed by atoms with Crippen molar-refractivity contribution in [3.05, 3.63) is 41.3 Å². The van der Waals surface area contributed by atoms with Crippen LogP contribution in [0.3, 0.4) is 0 Å². The molecule has 0 fully saturated rings. The Morgan fingerprint density at radius 2 is 2.41 bits per heavy atom. The van der Waals surface area contributed by atoms with Crippen molar-refractivity contribution < 1.29 is 19.1 Å². The predicted molar refractivity (Wildman–Crippen MR) is 57.0 cm³/mol. The molecule has 0 aliphatic rings. The van der Waals surface area contributed by atoms with Gasteiger partial charge in [0.1, 0.15) is 6.26 Å². The second-order valence-electron chi connectivity index (χ2n) is 3.01. The highest BCUT2D eigenvalue weighted by molar-refractivity contribution is 6.30. The molecule has 1 N–H and O–H groups in total. The fourth-order valence-electron chi connectivity index (χ4n) is 1.09. The molecular formula is C10H7ClN2O4. The first-order chi connectivity index (χ1) is 8.16. The van der Waals surface area contributed by atoms with Crippen LogP contribution >= 0.6 is 11.6 Å². The molecule has 0 aliphatic heterocycles. The Morgan fingerprint density at radius 3 is 3.06 bits per heavy atom. The molecule has 2 aromatic heterocycles. The molecule has 0 bridgehead atoms. The lowest BCUT2D eigenvalue weighted by Gasteiger charge is -2.03. The lowest BCUT2D eigenvalue weighted by Crippen LogP contribution is -2.00. The molecule has 7 heteroatoms. The number of carbonyl (C=O) groups is 1. The summed E-state index contributed by atoms with van der Waals surface area (Å²) in [7, 11) is 0. The summed E-state index contributed by atoms with van der Waals surface area (Å²) < 4.78 is 10.2. The number of pyridine rings is 1. The van der Waals surface area contributed by atoms with Gasteiger partial charge in [-0.3, -0.25) is 0 Å². The van der Waals surface area contributed by atoms with Gasteiger partial charge >= 0.3 is 5.97 Å². The Labute approximate surface area is 101 Å². The topological polar surface area (TPSA) is 85.5 Å². The van der Waals surface area contributed by atoms with Crippen molar-refractivity contribution in [3.8, 4) is 5.75 Å². The SMILES string of the molecule is O=C(O)c1coc(COc2cccnc2Cl)n1. The zero-order valence-corrected chi connectivity index (χ0v) is 9.22. The van der Waals surface area contributed by atoms with Gasteiger partial charge in [-0.05, 0) is 12.1 Å². The van der Waals surface area contributed by atoms with Crippen LogP contribution in [0.25, 0.3) is 0 Å². The monoisotopic (exact) mass is 254 g/mol. The molecule has 0 aromatic carbocycles. The van der Waals surface area contributed by atoms with E-state index in [1.165, 1.54) is 6.20 Å². The number of carboxylic acids is 1. The molecule has 17 heavy (non-hydrogen) atoms. The summed E-state index contributed by atoms with van der Waals surface area (Å²) in [5.74, 6) is -0.619. The first-order valence-electron chi connectivity index (χ1n) is 4.58. The number of nitrogens with zero attached hydrogens (tertiary/aromatic N) is 2. The Balaban J connectivity index is 2.02. The molecule has 0 saturated carbocycles. The molecule has 88 valence electrons. The van der Waals surface area contributed by atoms with E-state index in [0.717, 1.165) is 6.26 Å². The van der Waals surface area contributed by atoms with Crippen LogP contribution in [-0.4, -0.2) is 21.0 Å². The fraction of sp³-hybridized carbons (Fsp3) is 0.100. The molecule has 0 amide bonds. The summed E-state index contributed by atoms with van der Waals surface area (Å²) in [6.45, 7) is -0.0152. The van der Waals surface area contributed by atoms with Gasteiger partial charge in [-0.2, -0.15) is 0 Å². The van der Waals surface area contributed by atoms with E-state index in [2.05, 4.69) is 9.97 Å². The third-order valence-corrected chi connectivity index (χ3v) is 2.13. The molecule has 0 saturated heterocycles. The van der Waals surface area contributed by atoms with Crippen LogP contribution < -0.4 is 4.74 Å². The molecule has 0 radical (unpaired) electrons. The van der Waals surface area contributed by atoms with E-state index in [1.807, 2.05) is 0 Å². The summed E-state index contributed by atoms with van der Waals surface area (Å²) in [5, 5.41) is 8.85. The van der Waals surface area contributed by atoms with Gasteiger partial charge in [0.2, 0.25) is 5.89 Å². The standard InChI is InChI=1S/C10H7ClN2O4/c11-9-7(2-1-3-12-9)16-5-8-13-6(4-17-8)10(14)15/h1-4H,5H2,(H,14,15). The van der Waals surface area contributed by atoms with E-state index in [0.29, 0.717) is 5.75 Å². The zero-order valence-electron chi connectivity index (χ0n) is 8.46. The van der Waals surface area contributed by atoms with Gasteiger partial charge in [0.15, 0.2) is 23.2 Å².